The van der Waals surface area contributed by atoms with E-state index in [2.05, 4.69) is 27.3 Å². The molecule has 1 saturated carbocycles. The normalized spacial score (nSPS) is 28.8. The summed E-state index contributed by atoms with van der Waals surface area (Å²) in [5, 5.41) is 2.93. The van der Waals surface area contributed by atoms with Gasteiger partial charge in [-0.2, -0.15) is 0 Å². The highest BCUT2D eigenvalue weighted by Gasteiger charge is 2.48. The summed E-state index contributed by atoms with van der Waals surface area (Å²) < 4.78 is 0.990. The second kappa shape index (κ2) is 2.35. The molecule has 0 spiro atoms. The zero-order chi connectivity index (χ0) is 9.00. The number of nitrogens with one attached hydrogen (secondary N) is 1. The molecule has 1 aromatic carbocycles. The fraction of sp³-hybridized carbons (Fsp3) is 0.300. The lowest BCUT2D eigenvalue weighted by Crippen LogP contribution is -2.19. The van der Waals surface area contributed by atoms with Crippen LogP contribution in [0.3, 0.4) is 0 Å². The third-order valence-electron chi connectivity index (χ3n) is 2.82. The molecule has 1 heterocycles. The van der Waals surface area contributed by atoms with Crippen molar-refractivity contribution >= 4 is 27.5 Å². The Balaban J connectivity index is 2.19. The summed E-state index contributed by atoms with van der Waals surface area (Å²) >= 11 is 3.44. The Morgan fingerprint density at radius 1 is 1.38 bits per heavy atom. The van der Waals surface area contributed by atoms with Crippen molar-refractivity contribution in [1.82, 2.24) is 0 Å². The van der Waals surface area contributed by atoms with Crippen molar-refractivity contribution in [2.45, 2.75) is 12.3 Å². The first-order valence-electron chi connectivity index (χ1n) is 4.36. The summed E-state index contributed by atoms with van der Waals surface area (Å²) in [6.07, 6.45) is 1.02. The van der Waals surface area contributed by atoms with Crippen molar-refractivity contribution in [3.05, 3.63) is 28.2 Å². The maximum Gasteiger partial charge on any atom is 0.228 e. The van der Waals surface area contributed by atoms with E-state index in [-0.39, 0.29) is 11.8 Å². The van der Waals surface area contributed by atoms with Gasteiger partial charge >= 0.3 is 0 Å². The molecule has 2 unspecified atom stereocenters. The van der Waals surface area contributed by atoms with Gasteiger partial charge in [0.1, 0.15) is 0 Å². The molecule has 13 heavy (non-hydrogen) atoms. The molecule has 0 aromatic heterocycles. The Hall–Kier alpha value is -0.830. The van der Waals surface area contributed by atoms with E-state index in [0.717, 1.165) is 16.6 Å². The van der Waals surface area contributed by atoms with Gasteiger partial charge < -0.3 is 5.32 Å². The number of para-hydroxylation sites is 1. The number of anilines is 1. The predicted octanol–water partition coefficient (Wildman–Crippen LogP) is 2.50. The minimum Gasteiger partial charge on any atom is -0.325 e. The van der Waals surface area contributed by atoms with Crippen molar-refractivity contribution < 1.29 is 4.79 Å². The van der Waals surface area contributed by atoms with Crippen LogP contribution in [-0.2, 0) is 4.79 Å². The Bertz CT molecular complexity index is 402. The van der Waals surface area contributed by atoms with E-state index in [1.807, 2.05) is 12.1 Å². The molecular weight excluding hydrogens is 230 g/mol. The van der Waals surface area contributed by atoms with Gasteiger partial charge in [-0.05, 0) is 39.9 Å². The summed E-state index contributed by atoms with van der Waals surface area (Å²) in [7, 11) is 0. The van der Waals surface area contributed by atoms with Crippen LogP contribution in [0.4, 0.5) is 5.69 Å². The summed E-state index contributed by atoms with van der Waals surface area (Å²) in [5.41, 5.74) is 2.27. The maximum atomic E-state index is 11.4. The number of fused-ring (bicyclic) bond motifs is 3. The molecule has 1 amide bonds. The largest absolute Gasteiger partial charge is 0.325 e. The van der Waals surface area contributed by atoms with Crippen LogP contribution in [-0.4, -0.2) is 5.91 Å². The summed E-state index contributed by atoms with van der Waals surface area (Å²) in [5.74, 6) is 0.924. The van der Waals surface area contributed by atoms with E-state index in [4.69, 9.17) is 0 Å². The summed E-state index contributed by atoms with van der Waals surface area (Å²) in [6, 6.07) is 6.09. The molecule has 1 N–H and O–H groups in total. The smallest absolute Gasteiger partial charge is 0.228 e. The van der Waals surface area contributed by atoms with Crippen LogP contribution < -0.4 is 5.32 Å². The van der Waals surface area contributed by atoms with E-state index < -0.39 is 0 Å². The van der Waals surface area contributed by atoms with Crippen molar-refractivity contribution in [2.24, 2.45) is 5.92 Å². The standard InChI is InChI=1S/C10H8BrNO/c11-8-3-1-2-5-6-4-7(6)10(13)12-9(5)8/h1-3,6-7H,4H2,(H,12,13). The zero-order valence-corrected chi connectivity index (χ0v) is 8.47. The van der Waals surface area contributed by atoms with E-state index in [1.165, 1.54) is 5.56 Å². The first-order chi connectivity index (χ1) is 6.27. The van der Waals surface area contributed by atoms with Gasteiger partial charge in [-0.3, -0.25) is 4.79 Å². The van der Waals surface area contributed by atoms with Crippen molar-refractivity contribution in [3.63, 3.8) is 0 Å². The topological polar surface area (TPSA) is 29.1 Å². The third-order valence-corrected chi connectivity index (χ3v) is 3.48. The summed E-state index contributed by atoms with van der Waals surface area (Å²) in [4.78, 5) is 11.4. The van der Waals surface area contributed by atoms with E-state index in [0.29, 0.717) is 5.92 Å². The molecule has 1 aliphatic carbocycles. The Labute approximate surface area is 84.5 Å². The second-order valence-corrected chi connectivity index (χ2v) is 4.50. The molecule has 1 aromatic rings. The number of halogens is 1. The highest BCUT2D eigenvalue weighted by Crippen LogP contribution is 2.54. The lowest BCUT2D eigenvalue weighted by atomic mass is 10.0. The molecule has 0 bridgehead atoms. The van der Waals surface area contributed by atoms with Crippen LogP contribution in [0.1, 0.15) is 17.9 Å². The predicted molar refractivity (Wildman–Crippen MR) is 53.6 cm³/mol. The molecule has 3 rings (SSSR count). The van der Waals surface area contributed by atoms with Crippen LogP contribution in [0.15, 0.2) is 22.7 Å². The van der Waals surface area contributed by atoms with Crippen molar-refractivity contribution in [2.75, 3.05) is 5.32 Å². The molecule has 2 aliphatic rings. The first-order valence-corrected chi connectivity index (χ1v) is 5.16. The van der Waals surface area contributed by atoms with Crippen LogP contribution in [0.5, 0.6) is 0 Å². The van der Waals surface area contributed by atoms with Gasteiger partial charge in [-0.1, -0.05) is 12.1 Å². The van der Waals surface area contributed by atoms with Gasteiger partial charge in [0.25, 0.3) is 0 Å². The Morgan fingerprint density at radius 2 is 2.23 bits per heavy atom. The SMILES string of the molecule is O=C1Nc2c(Br)cccc2C2CC12. The monoisotopic (exact) mass is 237 g/mol. The Kier molecular flexibility index (Phi) is 1.37. The van der Waals surface area contributed by atoms with E-state index >= 15 is 0 Å². The van der Waals surface area contributed by atoms with Gasteiger partial charge in [-0.25, -0.2) is 0 Å². The number of carbonyl (C=O) groups is 1. The van der Waals surface area contributed by atoms with Crippen LogP contribution >= 0.6 is 15.9 Å². The van der Waals surface area contributed by atoms with E-state index in [1.54, 1.807) is 0 Å². The molecule has 2 nitrogen and oxygen atoms in total. The van der Waals surface area contributed by atoms with Gasteiger partial charge in [0.2, 0.25) is 5.91 Å². The molecule has 0 saturated heterocycles. The quantitative estimate of drug-likeness (QED) is 0.739. The highest BCUT2D eigenvalue weighted by atomic mass is 79.9. The number of carbonyl (C=O) groups excluding carboxylic acids is 1. The number of hydrogen-bond acceptors (Lipinski definition) is 1. The number of benzene rings is 1. The fourth-order valence-corrected chi connectivity index (χ4v) is 2.51. The average molecular weight is 238 g/mol. The average Bonchev–Trinajstić information content (AvgIpc) is 2.87. The zero-order valence-electron chi connectivity index (χ0n) is 6.88. The minimum absolute atomic E-state index is 0.185. The fourth-order valence-electron chi connectivity index (χ4n) is 2.03. The van der Waals surface area contributed by atoms with Gasteiger partial charge in [0.05, 0.1) is 5.69 Å². The number of amides is 1. The van der Waals surface area contributed by atoms with E-state index in [9.17, 15) is 4.79 Å². The maximum absolute atomic E-state index is 11.4. The van der Waals surface area contributed by atoms with Crippen LogP contribution in [0.2, 0.25) is 0 Å². The molecule has 0 radical (unpaired) electrons. The molecule has 1 aliphatic heterocycles. The molecule has 3 heteroatoms. The number of rotatable bonds is 0. The number of hydrogen-bond donors (Lipinski definition) is 1. The van der Waals surface area contributed by atoms with Crippen LogP contribution in [0, 0.1) is 5.92 Å². The lowest BCUT2D eigenvalue weighted by Gasteiger charge is -2.17. The lowest BCUT2D eigenvalue weighted by molar-refractivity contribution is -0.117. The molecule has 2 atom stereocenters. The minimum atomic E-state index is 0.185. The van der Waals surface area contributed by atoms with Gasteiger partial charge in [-0.15, -0.1) is 0 Å². The molecule has 1 fully saturated rings. The molecule has 66 valence electrons. The van der Waals surface area contributed by atoms with Crippen LogP contribution in [0.25, 0.3) is 0 Å². The van der Waals surface area contributed by atoms with Gasteiger partial charge in [0, 0.05) is 10.4 Å². The summed E-state index contributed by atoms with van der Waals surface area (Å²) in [6.45, 7) is 0. The third kappa shape index (κ3) is 0.967. The Morgan fingerprint density at radius 3 is 3.08 bits per heavy atom. The first kappa shape index (κ1) is 7.56. The van der Waals surface area contributed by atoms with Crippen molar-refractivity contribution in [3.8, 4) is 0 Å². The van der Waals surface area contributed by atoms with Gasteiger partial charge in [0.15, 0.2) is 0 Å². The highest BCUT2D eigenvalue weighted by molar-refractivity contribution is 9.10. The molecular formula is C10H8BrNO. The second-order valence-electron chi connectivity index (χ2n) is 3.64. The van der Waals surface area contributed by atoms with Crippen molar-refractivity contribution in [1.29, 1.82) is 0 Å².